The Bertz CT molecular complexity index is 767. The highest BCUT2D eigenvalue weighted by atomic mass is 16.7. The summed E-state index contributed by atoms with van der Waals surface area (Å²) in [4.78, 5) is 36.0. The van der Waals surface area contributed by atoms with Gasteiger partial charge in [0.25, 0.3) is 0 Å². The molecule has 2 N–H and O–H groups in total. The normalized spacial score (nSPS) is 15.8. The van der Waals surface area contributed by atoms with Gasteiger partial charge >= 0.3 is 19.1 Å². The number of carbonyl (C=O) groups is 3. The first-order valence-corrected chi connectivity index (χ1v) is 9.43. The second-order valence-corrected chi connectivity index (χ2v) is 6.96. The van der Waals surface area contributed by atoms with Crippen LogP contribution in [0.5, 0.6) is 5.75 Å². The van der Waals surface area contributed by atoms with Crippen LogP contribution in [0.2, 0.25) is 0 Å². The van der Waals surface area contributed by atoms with Gasteiger partial charge in [0.2, 0.25) is 12.7 Å². The number of para-hydroxylation sites is 1. The zero-order chi connectivity index (χ0) is 21.6. The fourth-order valence-corrected chi connectivity index (χ4v) is 2.83. The number of hydrogen-bond donors (Lipinski definition) is 2. The Morgan fingerprint density at radius 1 is 1.28 bits per heavy atom. The van der Waals surface area contributed by atoms with E-state index in [1.165, 1.54) is 6.07 Å². The number of benzene rings is 1. The number of rotatable bonds is 8. The van der Waals surface area contributed by atoms with E-state index in [1.807, 2.05) is 0 Å². The second kappa shape index (κ2) is 9.75. The summed E-state index contributed by atoms with van der Waals surface area (Å²) in [5.41, 5.74) is -0.430. The van der Waals surface area contributed by atoms with Gasteiger partial charge in [-0.15, -0.1) is 0 Å². The van der Waals surface area contributed by atoms with E-state index in [2.05, 4.69) is 5.32 Å². The number of carbonyl (C=O) groups excluding carboxylic acids is 3. The van der Waals surface area contributed by atoms with Crippen LogP contribution in [0.1, 0.15) is 50.0 Å². The minimum Gasteiger partial charge on any atom is -0.534 e. The first-order valence-electron chi connectivity index (χ1n) is 9.43. The summed E-state index contributed by atoms with van der Waals surface area (Å²) in [6, 6.07) is 4.85. The summed E-state index contributed by atoms with van der Waals surface area (Å²) < 4.78 is 20.7. The highest BCUT2D eigenvalue weighted by Gasteiger charge is 2.38. The van der Waals surface area contributed by atoms with E-state index < -0.39 is 37.4 Å². The van der Waals surface area contributed by atoms with Crippen LogP contribution < -0.4 is 9.97 Å². The fraction of sp³-hybridized carbons (Fsp3) is 0.526. The molecule has 0 saturated carbocycles. The van der Waals surface area contributed by atoms with Crippen LogP contribution in [0.3, 0.4) is 0 Å². The fourth-order valence-electron chi connectivity index (χ4n) is 2.83. The molecule has 0 spiro atoms. The van der Waals surface area contributed by atoms with Gasteiger partial charge in [-0.05, 0) is 38.8 Å². The molecule has 1 aliphatic rings. The summed E-state index contributed by atoms with van der Waals surface area (Å²) in [5.74, 6) is -2.10. The average Bonchev–Trinajstić information content (AvgIpc) is 2.67. The molecule has 0 saturated heterocycles. The van der Waals surface area contributed by atoms with E-state index in [0.717, 1.165) is 0 Å². The average molecular weight is 407 g/mol. The van der Waals surface area contributed by atoms with Gasteiger partial charge in [0.1, 0.15) is 11.3 Å². The lowest BCUT2D eigenvalue weighted by Crippen LogP contribution is -2.53. The van der Waals surface area contributed by atoms with Crippen LogP contribution in [0.4, 0.5) is 0 Å². The highest BCUT2D eigenvalue weighted by Crippen LogP contribution is 2.30. The third kappa shape index (κ3) is 5.71. The van der Waals surface area contributed by atoms with Crippen molar-refractivity contribution >= 4 is 25.0 Å². The lowest BCUT2D eigenvalue weighted by molar-refractivity contribution is -0.175. The van der Waals surface area contributed by atoms with Gasteiger partial charge in [-0.1, -0.05) is 19.1 Å². The second-order valence-electron chi connectivity index (χ2n) is 6.96. The summed E-state index contributed by atoms with van der Waals surface area (Å²) in [7, 11) is -1.31. The molecule has 1 heterocycles. The molecule has 1 aliphatic heterocycles. The van der Waals surface area contributed by atoms with Gasteiger partial charge in [0, 0.05) is 13.0 Å². The van der Waals surface area contributed by atoms with Crippen LogP contribution in [0, 0.1) is 0 Å². The molecule has 0 bridgehead atoms. The molecule has 0 unspecified atom stereocenters. The van der Waals surface area contributed by atoms with Crippen molar-refractivity contribution in [1.29, 1.82) is 0 Å². The lowest BCUT2D eigenvalue weighted by atomic mass is 9.72. The molecule has 1 amide bonds. The van der Waals surface area contributed by atoms with Crippen molar-refractivity contribution in [3.05, 3.63) is 29.3 Å². The molecule has 0 fully saturated rings. The van der Waals surface area contributed by atoms with Crippen LogP contribution in [-0.4, -0.2) is 54.9 Å². The zero-order valence-corrected chi connectivity index (χ0v) is 17.0. The van der Waals surface area contributed by atoms with Crippen molar-refractivity contribution in [2.45, 2.75) is 52.1 Å². The predicted octanol–water partition coefficient (Wildman–Crippen LogP) is 1.01. The molecule has 0 aliphatic carbocycles. The topological polar surface area (TPSA) is 120 Å². The minimum atomic E-state index is -1.31. The molecule has 158 valence electrons. The summed E-state index contributed by atoms with van der Waals surface area (Å²) in [5, 5.41) is 12.9. The van der Waals surface area contributed by atoms with Crippen molar-refractivity contribution in [1.82, 2.24) is 5.32 Å². The Morgan fingerprint density at radius 2 is 2.00 bits per heavy atom. The van der Waals surface area contributed by atoms with Crippen molar-refractivity contribution in [2.75, 3.05) is 13.4 Å². The Hall–Kier alpha value is -2.59. The predicted molar refractivity (Wildman–Crippen MR) is 103 cm³/mol. The molecule has 1 aromatic rings. The van der Waals surface area contributed by atoms with E-state index >= 15 is 0 Å². The summed E-state index contributed by atoms with van der Waals surface area (Å²) in [6.07, 6.45) is 0.572. The molecule has 10 heteroatoms. The van der Waals surface area contributed by atoms with E-state index in [9.17, 15) is 19.4 Å². The number of amides is 1. The molecule has 2 rings (SSSR count). The molecule has 0 radical (unpaired) electrons. The summed E-state index contributed by atoms with van der Waals surface area (Å²) in [6.45, 7) is 6.30. The van der Waals surface area contributed by atoms with E-state index in [1.54, 1.807) is 39.8 Å². The van der Waals surface area contributed by atoms with Crippen LogP contribution >= 0.6 is 0 Å². The Labute approximate surface area is 169 Å². The Balaban J connectivity index is 2.02. The summed E-state index contributed by atoms with van der Waals surface area (Å²) >= 11 is 0. The number of ether oxygens (including phenoxy) is 3. The van der Waals surface area contributed by atoms with Crippen LogP contribution in [0.25, 0.3) is 0 Å². The van der Waals surface area contributed by atoms with Gasteiger partial charge in [0.05, 0.1) is 5.94 Å². The molecule has 9 nitrogen and oxygen atoms in total. The maximum atomic E-state index is 12.4. The first-order chi connectivity index (χ1) is 13.7. The molecular weight excluding hydrogens is 381 g/mol. The number of hydrogen-bond acceptors (Lipinski definition) is 8. The largest absolute Gasteiger partial charge is 0.547 e. The van der Waals surface area contributed by atoms with Crippen LogP contribution in [-0.2, 0) is 30.2 Å². The van der Waals surface area contributed by atoms with Gasteiger partial charge in [-0.3, -0.25) is 4.79 Å². The molecule has 0 aromatic heterocycles. The van der Waals surface area contributed by atoms with E-state index in [0.29, 0.717) is 18.6 Å². The standard InChI is InChI=1S/C19H26BNO8/c1-5-15(22)21-14-10-12-8-7-9-13(16(12)29-20(14)25)17(23)26-11-27-18(24)19(3,4)28-6-2/h7-9,14,25H,5-6,10-11H2,1-4H3,(H,21,22)/t14-/m0/s1. The molecular formula is C19H26BNO8. The van der Waals surface area contributed by atoms with E-state index in [4.69, 9.17) is 18.9 Å². The Morgan fingerprint density at radius 3 is 2.66 bits per heavy atom. The van der Waals surface area contributed by atoms with Crippen molar-refractivity contribution in [3.63, 3.8) is 0 Å². The molecule has 1 aromatic carbocycles. The van der Waals surface area contributed by atoms with Crippen LogP contribution in [0.15, 0.2) is 18.2 Å². The van der Waals surface area contributed by atoms with Gasteiger partial charge in [0.15, 0.2) is 5.60 Å². The number of esters is 2. The first kappa shape index (κ1) is 22.7. The minimum absolute atomic E-state index is 0.0851. The molecule has 29 heavy (non-hydrogen) atoms. The van der Waals surface area contributed by atoms with Crippen molar-refractivity contribution in [2.24, 2.45) is 0 Å². The van der Waals surface area contributed by atoms with Gasteiger partial charge < -0.3 is 29.2 Å². The number of fused-ring (bicyclic) bond motifs is 1. The van der Waals surface area contributed by atoms with Gasteiger partial charge in [-0.2, -0.15) is 0 Å². The maximum absolute atomic E-state index is 12.4. The molecule has 1 atom stereocenters. The Kier molecular flexibility index (Phi) is 7.63. The SMILES string of the molecule is CCOC(C)(C)C(=O)OCOC(=O)c1cccc2c1OB(O)[C@@H](NC(=O)CC)C2. The lowest BCUT2D eigenvalue weighted by Gasteiger charge is -2.29. The quantitative estimate of drug-likeness (QED) is 0.372. The third-order valence-electron chi connectivity index (χ3n) is 4.38. The maximum Gasteiger partial charge on any atom is 0.547 e. The van der Waals surface area contributed by atoms with Crippen molar-refractivity contribution < 1.29 is 38.3 Å². The highest BCUT2D eigenvalue weighted by molar-refractivity contribution is 6.47. The van der Waals surface area contributed by atoms with E-state index in [-0.39, 0.29) is 23.6 Å². The third-order valence-corrected chi connectivity index (χ3v) is 4.38. The smallest absolute Gasteiger partial charge is 0.534 e. The van der Waals surface area contributed by atoms with Crippen molar-refractivity contribution in [3.8, 4) is 5.75 Å². The number of nitrogens with one attached hydrogen (secondary N) is 1. The van der Waals surface area contributed by atoms with Gasteiger partial charge in [-0.25, -0.2) is 9.59 Å². The monoisotopic (exact) mass is 407 g/mol. The zero-order valence-electron chi connectivity index (χ0n) is 17.0.